The van der Waals surface area contributed by atoms with E-state index in [0.29, 0.717) is 6.54 Å². The summed E-state index contributed by atoms with van der Waals surface area (Å²) in [5.41, 5.74) is 1.13. The molecule has 0 spiro atoms. The van der Waals surface area contributed by atoms with E-state index in [-0.39, 0.29) is 5.91 Å². The van der Waals surface area contributed by atoms with Crippen LogP contribution in [0.25, 0.3) is 0 Å². The molecule has 4 heteroatoms. The molecule has 0 heterocycles. The van der Waals surface area contributed by atoms with Gasteiger partial charge in [-0.1, -0.05) is 30.3 Å². The number of benzene rings is 1. The lowest BCUT2D eigenvalue weighted by molar-refractivity contribution is -0.149. The monoisotopic (exact) mass is 235 g/mol. The van der Waals surface area contributed by atoms with E-state index in [4.69, 9.17) is 5.11 Å². The van der Waals surface area contributed by atoms with Gasteiger partial charge in [0, 0.05) is 13.6 Å². The highest BCUT2D eigenvalue weighted by atomic mass is 16.4. The quantitative estimate of drug-likeness (QED) is 0.785. The number of nitrogens with zero attached hydrogens (tertiary/aromatic N) is 1. The topological polar surface area (TPSA) is 57.6 Å². The Morgan fingerprint density at radius 2 is 1.88 bits per heavy atom. The molecule has 1 unspecified atom stereocenters. The zero-order chi connectivity index (χ0) is 12.8. The molecule has 1 rings (SSSR count). The molecule has 1 N–H and O–H groups in total. The van der Waals surface area contributed by atoms with Crippen LogP contribution in [0, 0.1) is 5.92 Å². The molecular formula is C13H17NO3. The summed E-state index contributed by atoms with van der Waals surface area (Å²) in [6.45, 7) is 1.93. The molecule has 1 aromatic rings. The molecule has 0 radical (unpaired) electrons. The fourth-order valence-corrected chi connectivity index (χ4v) is 1.49. The summed E-state index contributed by atoms with van der Waals surface area (Å²) in [6, 6.07) is 9.79. The van der Waals surface area contributed by atoms with Gasteiger partial charge in [0.05, 0.1) is 0 Å². The number of hydrogen-bond acceptors (Lipinski definition) is 2. The van der Waals surface area contributed by atoms with E-state index in [1.54, 1.807) is 7.05 Å². The minimum absolute atomic E-state index is 0.353. The summed E-state index contributed by atoms with van der Waals surface area (Å²) in [5, 5.41) is 8.74. The number of aliphatic carboxylic acids is 1. The number of hydrogen-bond donors (Lipinski definition) is 1. The van der Waals surface area contributed by atoms with Crippen molar-refractivity contribution in [3.63, 3.8) is 0 Å². The van der Waals surface area contributed by atoms with E-state index < -0.39 is 11.9 Å². The first kappa shape index (κ1) is 13.2. The van der Waals surface area contributed by atoms with Gasteiger partial charge in [-0.05, 0) is 18.9 Å². The summed E-state index contributed by atoms with van der Waals surface area (Å²) in [7, 11) is 1.63. The van der Waals surface area contributed by atoms with Crippen LogP contribution >= 0.6 is 0 Å². The molecule has 4 nitrogen and oxygen atoms in total. The first-order valence-electron chi connectivity index (χ1n) is 5.54. The van der Waals surface area contributed by atoms with Crippen molar-refractivity contribution in [2.24, 2.45) is 5.92 Å². The normalized spacial score (nSPS) is 11.9. The van der Waals surface area contributed by atoms with Crippen molar-refractivity contribution in [1.82, 2.24) is 4.90 Å². The van der Waals surface area contributed by atoms with Crippen LogP contribution in [-0.4, -0.2) is 35.5 Å². The molecule has 1 atom stereocenters. The predicted octanol–water partition coefficient (Wildman–Crippen LogP) is 1.41. The van der Waals surface area contributed by atoms with Crippen molar-refractivity contribution < 1.29 is 14.7 Å². The number of carboxylic acid groups (broad SMARTS) is 1. The number of amides is 1. The summed E-state index contributed by atoms with van der Waals surface area (Å²) in [4.78, 5) is 23.8. The number of likely N-dealkylation sites (N-methyl/N-ethyl adjacent to an activating group) is 1. The molecule has 0 aliphatic heterocycles. The Bertz CT molecular complexity index is 389. The lowest BCUT2D eigenvalue weighted by Gasteiger charge is -2.19. The summed E-state index contributed by atoms with van der Waals surface area (Å²) < 4.78 is 0. The van der Waals surface area contributed by atoms with Crippen LogP contribution < -0.4 is 0 Å². The van der Waals surface area contributed by atoms with Gasteiger partial charge in [-0.15, -0.1) is 0 Å². The third-order valence-corrected chi connectivity index (χ3v) is 2.70. The minimum atomic E-state index is -1.08. The molecule has 1 amide bonds. The maximum absolute atomic E-state index is 11.7. The van der Waals surface area contributed by atoms with E-state index in [9.17, 15) is 9.59 Å². The fourth-order valence-electron chi connectivity index (χ4n) is 1.49. The Hall–Kier alpha value is -1.84. The Balaban J connectivity index is 2.47. The largest absolute Gasteiger partial charge is 0.481 e. The van der Waals surface area contributed by atoms with Crippen molar-refractivity contribution in [2.45, 2.75) is 13.3 Å². The first-order chi connectivity index (χ1) is 8.02. The molecule has 0 fully saturated rings. The van der Waals surface area contributed by atoms with Crippen LogP contribution in [0.1, 0.15) is 12.5 Å². The molecule has 0 aliphatic carbocycles. The van der Waals surface area contributed by atoms with Gasteiger partial charge in [-0.25, -0.2) is 0 Å². The van der Waals surface area contributed by atoms with Crippen molar-refractivity contribution >= 4 is 11.9 Å². The second-order valence-electron chi connectivity index (χ2n) is 4.06. The van der Waals surface area contributed by atoms with E-state index in [1.807, 2.05) is 30.3 Å². The zero-order valence-corrected chi connectivity index (χ0v) is 10.1. The maximum Gasteiger partial charge on any atom is 0.315 e. The van der Waals surface area contributed by atoms with Crippen LogP contribution in [0.5, 0.6) is 0 Å². The Kier molecular flexibility index (Phi) is 4.69. The molecular weight excluding hydrogens is 218 g/mol. The molecule has 1 aromatic carbocycles. The van der Waals surface area contributed by atoms with Gasteiger partial charge in [0.2, 0.25) is 5.91 Å². The summed E-state index contributed by atoms with van der Waals surface area (Å²) in [6.07, 6.45) is 0.732. The van der Waals surface area contributed by atoms with E-state index in [1.165, 1.54) is 11.8 Å². The minimum Gasteiger partial charge on any atom is -0.481 e. The Morgan fingerprint density at radius 1 is 1.29 bits per heavy atom. The van der Waals surface area contributed by atoms with Crippen molar-refractivity contribution in [2.75, 3.05) is 13.6 Å². The number of rotatable bonds is 5. The Morgan fingerprint density at radius 3 is 2.41 bits per heavy atom. The van der Waals surface area contributed by atoms with E-state index >= 15 is 0 Å². The fraction of sp³-hybridized carbons (Fsp3) is 0.385. The lowest BCUT2D eigenvalue weighted by Crippen LogP contribution is -2.36. The first-order valence-corrected chi connectivity index (χ1v) is 5.54. The van der Waals surface area contributed by atoms with Crippen molar-refractivity contribution in [1.29, 1.82) is 0 Å². The molecule has 0 saturated heterocycles. The van der Waals surface area contributed by atoms with Crippen LogP contribution in [0.15, 0.2) is 30.3 Å². The van der Waals surface area contributed by atoms with Gasteiger partial charge in [-0.3, -0.25) is 9.59 Å². The number of carbonyl (C=O) groups excluding carboxylic acids is 1. The van der Waals surface area contributed by atoms with Crippen molar-refractivity contribution in [3.05, 3.63) is 35.9 Å². The molecule has 92 valence electrons. The second-order valence-corrected chi connectivity index (χ2v) is 4.06. The van der Waals surface area contributed by atoms with Gasteiger partial charge in [0.1, 0.15) is 5.92 Å². The lowest BCUT2D eigenvalue weighted by atomic mass is 10.1. The number of carboxylic acids is 1. The standard InChI is InChI=1S/C13H17NO3/c1-10(13(16)17)12(15)14(2)9-8-11-6-4-3-5-7-11/h3-7,10H,8-9H2,1-2H3,(H,16,17). The average molecular weight is 235 g/mol. The average Bonchev–Trinajstić information content (AvgIpc) is 2.35. The third kappa shape index (κ3) is 3.90. The second kappa shape index (κ2) is 6.03. The number of carbonyl (C=O) groups is 2. The van der Waals surface area contributed by atoms with Crippen LogP contribution in [0.4, 0.5) is 0 Å². The molecule has 0 bridgehead atoms. The van der Waals surface area contributed by atoms with Gasteiger partial charge >= 0.3 is 5.97 Å². The maximum atomic E-state index is 11.7. The van der Waals surface area contributed by atoms with Crippen LogP contribution in [0.3, 0.4) is 0 Å². The van der Waals surface area contributed by atoms with E-state index in [0.717, 1.165) is 12.0 Å². The smallest absolute Gasteiger partial charge is 0.315 e. The molecule has 0 aliphatic rings. The SMILES string of the molecule is CC(C(=O)O)C(=O)N(C)CCc1ccccc1. The zero-order valence-electron chi connectivity index (χ0n) is 10.1. The van der Waals surface area contributed by atoms with Gasteiger partial charge in [0.15, 0.2) is 0 Å². The highest BCUT2D eigenvalue weighted by Gasteiger charge is 2.23. The van der Waals surface area contributed by atoms with Gasteiger partial charge < -0.3 is 10.0 Å². The third-order valence-electron chi connectivity index (χ3n) is 2.70. The highest BCUT2D eigenvalue weighted by molar-refractivity contribution is 5.96. The predicted molar refractivity (Wildman–Crippen MR) is 64.6 cm³/mol. The van der Waals surface area contributed by atoms with Crippen LogP contribution in [0.2, 0.25) is 0 Å². The van der Waals surface area contributed by atoms with Gasteiger partial charge in [-0.2, -0.15) is 0 Å². The van der Waals surface area contributed by atoms with Crippen molar-refractivity contribution in [3.8, 4) is 0 Å². The molecule has 0 aromatic heterocycles. The van der Waals surface area contributed by atoms with E-state index in [2.05, 4.69) is 0 Å². The Labute approximate surface area is 101 Å². The molecule has 17 heavy (non-hydrogen) atoms. The highest BCUT2D eigenvalue weighted by Crippen LogP contribution is 2.04. The summed E-state index contributed by atoms with van der Waals surface area (Å²) >= 11 is 0. The molecule has 0 saturated carbocycles. The van der Waals surface area contributed by atoms with Gasteiger partial charge in [0.25, 0.3) is 0 Å². The van der Waals surface area contributed by atoms with Crippen LogP contribution in [-0.2, 0) is 16.0 Å². The summed E-state index contributed by atoms with van der Waals surface area (Å²) in [5.74, 6) is -2.41.